The summed E-state index contributed by atoms with van der Waals surface area (Å²) in [4.78, 5) is 14.0. The fourth-order valence-corrected chi connectivity index (χ4v) is 2.68. The van der Waals surface area contributed by atoms with E-state index in [4.69, 9.17) is 10.5 Å². The molecule has 1 saturated heterocycles. The van der Waals surface area contributed by atoms with Crippen LogP contribution in [0, 0.1) is 5.92 Å². The van der Waals surface area contributed by atoms with Crippen molar-refractivity contribution >= 4 is 5.91 Å². The molecule has 3 N–H and O–H groups in total. The molecule has 0 aromatic carbocycles. The van der Waals surface area contributed by atoms with Crippen LogP contribution in [0.15, 0.2) is 0 Å². The van der Waals surface area contributed by atoms with Crippen LogP contribution >= 0.6 is 0 Å². The summed E-state index contributed by atoms with van der Waals surface area (Å²) in [5.41, 5.74) is 5.61. The second-order valence-corrected chi connectivity index (χ2v) is 5.27. The first-order valence-electron chi connectivity index (χ1n) is 7.41. The van der Waals surface area contributed by atoms with Gasteiger partial charge in [0.1, 0.15) is 0 Å². The molecule has 112 valence electrons. The number of aliphatic hydroxyl groups excluding tert-OH is 1. The van der Waals surface area contributed by atoms with Crippen molar-refractivity contribution in [2.24, 2.45) is 11.7 Å². The number of aliphatic hydroxyl groups is 1. The highest BCUT2D eigenvalue weighted by Crippen LogP contribution is 2.19. The largest absolute Gasteiger partial charge is 0.394 e. The second-order valence-electron chi connectivity index (χ2n) is 5.27. The Hall–Kier alpha value is -0.650. The predicted octanol–water partition coefficient (Wildman–Crippen LogP) is 0.751. The maximum atomic E-state index is 12.2. The van der Waals surface area contributed by atoms with Crippen molar-refractivity contribution in [1.82, 2.24) is 4.90 Å². The van der Waals surface area contributed by atoms with Crippen LogP contribution < -0.4 is 5.73 Å². The summed E-state index contributed by atoms with van der Waals surface area (Å²) in [5.74, 6) is 0.688. The highest BCUT2D eigenvalue weighted by Gasteiger charge is 2.26. The molecule has 0 aliphatic carbocycles. The third kappa shape index (κ3) is 5.47. The van der Waals surface area contributed by atoms with Crippen LogP contribution in [0.2, 0.25) is 0 Å². The number of ether oxygens (including phenoxy) is 1. The SMILES string of the molecule is CCCC(CCN)CCC(=O)N1CCOCC1CO. The molecule has 1 fully saturated rings. The minimum atomic E-state index is -0.166. The number of hydrogen-bond acceptors (Lipinski definition) is 4. The Morgan fingerprint density at radius 3 is 2.89 bits per heavy atom. The van der Waals surface area contributed by atoms with Crippen LogP contribution in [0.1, 0.15) is 39.0 Å². The molecule has 1 aliphatic rings. The van der Waals surface area contributed by atoms with E-state index in [1.54, 1.807) is 4.90 Å². The molecule has 0 aromatic rings. The van der Waals surface area contributed by atoms with Gasteiger partial charge in [0.05, 0.1) is 25.9 Å². The number of amides is 1. The molecule has 0 bridgehead atoms. The Bertz CT molecular complexity index is 255. The van der Waals surface area contributed by atoms with Gasteiger partial charge in [-0.2, -0.15) is 0 Å². The first-order valence-corrected chi connectivity index (χ1v) is 7.41. The number of nitrogens with zero attached hydrogens (tertiary/aromatic N) is 1. The molecule has 1 aliphatic heterocycles. The van der Waals surface area contributed by atoms with Crippen LogP contribution in [-0.4, -0.2) is 54.9 Å². The molecule has 19 heavy (non-hydrogen) atoms. The highest BCUT2D eigenvalue weighted by molar-refractivity contribution is 5.76. The van der Waals surface area contributed by atoms with Gasteiger partial charge in [-0.25, -0.2) is 0 Å². The first kappa shape index (κ1) is 16.4. The highest BCUT2D eigenvalue weighted by atomic mass is 16.5. The molecular weight excluding hydrogens is 244 g/mol. The molecule has 2 unspecified atom stereocenters. The van der Waals surface area contributed by atoms with Gasteiger partial charge < -0.3 is 20.5 Å². The number of nitrogens with two attached hydrogens (primary N) is 1. The van der Waals surface area contributed by atoms with Crippen LogP contribution in [0.5, 0.6) is 0 Å². The summed E-state index contributed by atoms with van der Waals surface area (Å²) < 4.78 is 5.29. The lowest BCUT2D eigenvalue weighted by molar-refractivity contribution is -0.141. The quantitative estimate of drug-likeness (QED) is 0.684. The summed E-state index contributed by atoms with van der Waals surface area (Å²) in [7, 11) is 0. The number of rotatable bonds is 8. The number of carbonyl (C=O) groups excluding carboxylic acids is 1. The molecular formula is C14H28N2O3. The summed E-state index contributed by atoms with van der Waals surface area (Å²) in [6.45, 7) is 4.45. The molecule has 1 amide bonds. The predicted molar refractivity (Wildman–Crippen MR) is 74.7 cm³/mol. The van der Waals surface area contributed by atoms with Gasteiger partial charge >= 0.3 is 0 Å². The van der Waals surface area contributed by atoms with E-state index in [0.717, 1.165) is 25.7 Å². The minimum Gasteiger partial charge on any atom is -0.394 e. The maximum absolute atomic E-state index is 12.2. The molecule has 1 rings (SSSR count). The van der Waals surface area contributed by atoms with Crippen molar-refractivity contribution in [3.63, 3.8) is 0 Å². The van der Waals surface area contributed by atoms with Crippen LogP contribution in [-0.2, 0) is 9.53 Å². The third-order valence-electron chi connectivity index (χ3n) is 3.80. The summed E-state index contributed by atoms with van der Waals surface area (Å²) in [5, 5.41) is 9.27. The lowest BCUT2D eigenvalue weighted by Crippen LogP contribution is -2.50. The van der Waals surface area contributed by atoms with Crippen molar-refractivity contribution in [3.05, 3.63) is 0 Å². The summed E-state index contributed by atoms with van der Waals surface area (Å²) >= 11 is 0. The molecule has 0 spiro atoms. The Kier molecular flexibility index (Phi) is 8.02. The fourth-order valence-electron chi connectivity index (χ4n) is 2.68. The van der Waals surface area contributed by atoms with E-state index in [0.29, 0.717) is 38.6 Å². The van der Waals surface area contributed by atoms with Crippen molar-refractivity contribution < 1.29 is 14.6 Å². The van der Waals surface area contributed by atoms with Gasteiger partial charge in [-0.15, -0.1) is 0 Å². The van der Waals surface area contributed by atoms with E-state index >= 15 is 0 Å². The third-order valence-corrected chi connectivity index (χ3v) is 3.80. The van der Waals surface area contributed by atoms with Gasteiger partial charge in [0.2, 0.25) is 5.91 Å². The van der Waals surface area contributed by atoms with E-state index in [1.165, 1.54) is 0 Å². The Labute approximate surface area is 116 Å². The number of carbonyl (C=O) groups is 1. The molecule has 2 atom stereocenters. The zero-order valence-electron chi connectivity index (χ0n) is 12.0. The number of hydrogen-bond donors (Lipinski definition) is 2. The van der Waals surface area contributed by atoms with Crippen LogP contribution in [0.3, 0.4) is 0 Å². The maximum Gasteiger partial charge on any atom is 0.223 e. The van der Waals surface area contributed by atoms with E-state index in [9.17, 15) is 9.90 Å². The second kappa shape index (κ2) is 9.28. The van der Waals surface area contributed by atoms with E-state index in [-0.39, 0.29) is 18.6 Å². The standard InChI is InChI=1S/C14H28N2O3/c1-2-3-12(6-7-15)4-5-14(18)16-8-9-19-11-13(16)10-17/h12-13,17H,2-11,15H2,1H3. The van der Waals surface area contributed by atoms with Gasteiger partial charge in [-0.1, -0.05) is 19.8 Å². The van der Waals surface area contributed by atoms with Gasteiger partial charge in [-0.3, -0.25) is 4.79 Å². The van der Waals surface area contributed by atoms with Crippen molar-refractivity contribution in [1.29, 1.82) is 0 Å². The van der Waals surface area contributed by atoms with Gasteiger partial charge in [0.25, 0.3) is 0 Å². The van der Waals surface area contributed by atoms with E-state index in [1.807, 2.05) is 0 Å². The molecule has 5 nitrogen and oxygen atoms in total. The lowest BCUT2D eigenvalue weighted by Gasteiger charge is -2.34. The van der Waals surface area contributed by atoms with Gasteiger partial charge in [0, 0.05) is 13.0 Å². The van der Waals surface area contributed by atoms with E-state index < -0.39 is 0 Å². The minimum absolute atomic E-state index is 0.0209. The lowest BCUT2D eigenvalue weighted by atomic mass is 9.94. The zero-order chi connectivity index (χ0) is 14.1. The molecule has 1 heterocycles. The topological polar surface area (TPSA) is 75.8 Å². The average molecular weight is 272 g/mol. The summed E-state index contributed by atoms with van der Waals surface area (Å²) in [6.07, 6.45) is 4.72. The van der Waals surface area contributed by atoms with Crippen LogP contribution in [0.4, 0.5) is 0 Å². The van der Waals surface area contributed by atoms with Crippen molar-refractivity contribution in [2.75, 3.05) is 32.9 Å². The molecule has 5 heteroatoms. The monoisotopic (exact) mass is 272 g/mol. The van der Waals surface area contributed by atoms with E-state index in [2.05, 4.69) is 6.92 Å². The van der Waals surface area contributed by atoms with Gasteiger partial charge in [0.15, 0.2) is 0 Å². The fraction of sp³-hybridized carbons (Fsp3) is 0.929. The Balaban J connectivity index is 2.39. The Morgan fingerprint density at radius 2 is 2.26 bits per heavy atom. The smallest absolute Gasteiger partial charge is 0.223 e. The van der Waals surface area contributed by atoms with Crippen LogP contribution in [0.25, 0.3) is 0 Å². The van der Waals surface area contributed by atoms with Gasteiger partial charge in [-0.05, 0) is 25.3 Å². The summed E-state index contributed by atoms with van der Waals surface area (Å²) in [6, 6.07) is -0.166. The molecule has 0 aromatic heterocycles. The average Bonchev–Trinajstić information content (AvgIpc) is 2.44. The number of morpholine rings is 1. The normalized spacial score (nSPS) is 21.4. The van der Waals surface area contributed by atoms with Crippen molar-refractivity contribution in [2.45, 2.75) is 45.1 Å². The van der Waals surface area contributed by atoms with Crippen molar-refractivity contribution in [3.8, 4) is 0 Å². The Morgan fingerprint density at radius 1 is 1.47 bits per heavy atom. The first-order chi connectivity index (χ1) is 9.22. The molecule has 0 saturated carbocycles. The molecule has 0 radical (unpaired) electrons. The zero-order valence-corrected chi connectivity index (χ0v) is 12.0.